The monoisotopic (exact) mass is 1220 g/mol. The molecule has 0 spiro atoms. The van der Waals surface area contributed by atoms with Crippen LogP contribution < -0.4 is 25.0 Å². The van der Waals surface area contributed by atoms with Gasteiger partial charge in [-0.3, -0.25) is 39.5 Å². The van der Waals surface area contributed by atoms with Crippen LogP contribution in [0.5, 0.6) is 11.5 Å². The summed E-state index contributed by atoms with van der Waals surface area (Å²) in [6.45, 7) is 14.0. The summed E-state index contributed by atoms with van der Waals surface area (Å²) < 4.78 is 36.6. The van der Waals surface area contributed by atoms with E-state index in [9.17, 15) is 37.7 Å². The number of carbonyl (C=O) groups excluding carboxylic acids is 4. The number of piperazine rings is 1. The lowest BCUT2D eigenvalue weighted by Gasteiger charge is -2.42. The van der Waals surface area contributed by atoms with E-state index in [1.165, 1.54) is 35.0 Å². The lowest BCUT2D eigenvalue weighted by molar-refractivity contribution is -0.384. The number of imide groups is 1. The number of sulfonamides is 1. The van der Waals surface area contributed by atoms with Gasteiger partial charge >= 0.3 is 0 Å². The van der Waals surface area contributed by atoms with Crippen LogP contribution in [0.3, 0.4) is 0 Å². The summed E-state index contributed by atoms with van der Waals surface area (Å²) in [5.74, 6) is -1.13. The Hall–Kier alpha value is -7.69. The Morgan fingerprint density at radius 3 is 2.41 bits per heavy atom. The van der Waals surface area contributed by atoms with Crippen LogP contribution in [0.2, 0.25) is 5.02 Å². The van der Waals surface area contributed by atoms with E-state index in [0.717, 1.165) is 137 Å². The topological polar surface area (TPSA) is 236 Å². The number of aromatic nitrogens is 2. The lowest BCUT2D eigenvalue weighted by atomic mass is 9.72. The molecule has 4 aromatic carbocycles. The van der Waals surface area contributed by atoms with E-state index >= 15 is 0 Å². The molecule has 87 heavy (non-hydrogen) atoms. The van der Waals surface area contributed by atoms with Crippen molar-refractivity contribution in [1.29, 1.82) is 0 Å². The maximum absolute atomic E-state index is 14.2. The van der Waals surface area contributed by atoms with Crippen molar-refractivity contribution >= 4 is 78.9 Å². The Kier molecular flexibility index (Phi) is 17.3. The predicted octanol–water partition coefficient (Wildman–Crippen LogP) is 9.41. The largest absolute Gasteiger partial charge is 0.455 e. The van der Waals surface area contributed by atoms with E-state index in [0.29, 0.717) is 55.6 Å². The molecule has 12 rings (SSSR count). The number of ether oxygens (including phenoxy) is 1. The molecule has 4 N–H and O–H groups in total. The zero-order valence-electron chi connectivity index (χ0n) is 49.2. The summed E-state index contributed by atoms with van der Waals surface area (Å²) in [5.41, 5.74) is 8.18. The Labute approximate surface area is 511 Å². The molecule has 4 amide bonds. The van der Waals surface area contributed by atoms with E-state index in [2.05, 4.69) is 77.0 Å². The van der Waals surface area contributed by atoms with Crippen LogP contribution in [0.1, 0.15) is 109 Å². The molecule has 6 aliphatic rings. The number of nitrogens with one attached hydrogen (secondary N) is 4. The van der Waals surface area contributed by atoms with Crippen LogP contribution in [0.15, 0.2) is 114 Å². The number of fused-ring (bicyclic) bond motifs is 2. The van der Waals surface area contributed by atoms with Crippen molar-refractivity contribution in [3.05, 3.63) is 152 Å². The first-order valence-corrected chi connectivity index (χ1v) is 32.3. The standard InChI is InChI=1S/C65H74ClN11O9S/c1-65(2)23-16-46(54(37-65)44-6-8-47(66)9-7-44)40-73-30-32-75(33-31-73)49-10-12-53(59(35-49)86-50-34-45-17-24-67-61(45)69-39-50)62(79)71-87(84,85)51-11-13-56(58(36-51)77(82)83)68-38-42-18-28-74(29-19-42)48-21-26-72(27-22-48)25-20-43-4-3-5-52-55(43)41-76(64(52)81)57-14-15-60(78)70-63(57)80/h3-13,17,24,34-36,39,42,48,57,68H,14-16,18-23,25-33,37-38,40-41H2,1-2H3,(H,67,69)(H,71,79)(H,70,78,80). The first-order valence-electron chi connectivity index (χ1n) is 30.4. The number of likely N-dealkylation sites (tertiary alicyclic amines) is 2. The second-order valence-corrected chi connectivity index (χ2v) is 27.1. The molecule has 22 heteroatoms. The van der Waals surface area contributed by atoms with Crippen molar-refractivity contribution in [1.82, 2.24) is 39.6 Å². The molecule has 2 aromatic heterocycles. The molecular weight excluding hydrogens is 1150 g/mol. The molecule has 6 aromatic rings. The van der Waals surface area contributed by atoms with Gasteiger partial charge in [-0.15, -0.1) is 0 Å². The first kappa shape index (κ1) is 59.6. The molecule has 0 saturated carbocycles. The summed E-state index contributed by atoms with van der Waals surface area (Å²) in [6.07, 6.45) is 11.7. The summed E-state index contributed by atoms with van der Waals surface area (Å²) in [5, 5.41) is 19.7. The highest BCUT2D eigenvalue weighted by atomic mass is 35.5. The van der Waals surface area contributed by atoms with Crippen LogP contribution in [-0.2, 0) is 32.6 Å². The molecule has 4 saturated heterocycles. The molecular formula is C65H74ClN11O9S. The molecule has 5 aliphatic heterocycles. The summed E-state index contributed by atoms with van der Waals surface area (Å²) in [4.78, 5) is 82.3. The minimum atomic E-state index is -4.62. The third-order valence-electron chi connectivity index (χ3n) is 18.7. The van der Waals surface area contributed by atoms with Gasteiger partial charge in [-0.25, -0.2) is 18.1 Å². The minimum Gasteiger partial charge on any atom is -0.455 e. The Morgan fingerprint density at radius 1 is 0.874 bits per heavy atom. The van der Waals surface area contributed by atoms with Crippen molar-refractivity contribution in [2.45, 2.75) is 102 Å². The van der Waals surface area contributed by atoms with Gasteiger partial charge in [-0.2, -0.15) is 0 Å². The van der Waals surface area contributed by atoms with Gasteiger partial charge in [0.1, 0.15) is 28.9 Å². The fourth-order valence-corrected chi connectivity index (χ4v) is 14.8. The van der Waals surface area contributed by atoms with E-state index in [4.69, 9.17) is 16.3 Å². The second kappa shape index (κ2) is 25.2. The van der Waals surface area contributed by atoms with Gasteiger partial charge < -0.3 is 34.6 Å². The van der Waals surface area contributed by atoms with E-state index in [1.807, 2.05) is 30.3 Å². The first-order chi connectivity index (χ1) is 41.9. The molecule has 4 fully saturated rings. The van der Waals surface area contributed by atoms with Gasteiger partial charge in [-0.1, -0.05) is 55.3 Å². The number of allylic oxidation sites excluding steroid dienone is 1. The highest BCUT2D eigenvalue weighted by molar-refractivity contribution is 7.90. The van der Waals surface area contributed by atoms with Crippen molar-refractivity contribution in [2.24, 2.45) is 11.3 Å². The predicted molar refractivity (Wildman–Crippen MR) is 333 cm³/mol. The summed E-state index contributed by atoms with van der Waals surface area (Å²) >= 11 is 6.28. The number of anilines is 2. The highest BCUT2D eigenvalue weighted by Crippen LogP contribution is 2.44. The number of nitrogens with zero attached hydrogens (tertiary/aromatic N) is 7. The van der Waals surface area contributed by atoms with Crippen LogP contribution in [0.25, 0.3) is 16.6 Å². The number of nitro groups is 1. The Balaban J connectivity index is 0.642. The molecule has 0 radical (unpaired) electrons. The number of pyridine rings is 1. The van der Waals surface area contributed by atoms with Crippen molar-refractivity contribution in [3.63, 3.8) is 0 Å². The van der Waals surface area contributed by atoms with Gasteiger partial charge in [0.05, 0.1) is 21.6 Å². The molecule has 7 heterocycles. The summed E-state index contributed by atoms with van der Waals surface area (Å²) in [7, 11) is -4.62. The van der Waals surface area contributed by atoms with Crippen LogP contribution in [-0.4, -0.2) is 151 Å². The van der Waals surface area contributed by atoms with Crippen LogP contribution in [0.4, 0.5) is 17.1 Å². The number of hydrogen-bond donors (Lipinski definition) is 4. The molecule has 0 bridgehead atoms. The van der Waals surface area contributed by atoms with Crippen LogP contribution in [0, 0.1) is 21.4 Å². The molecule has 456 valence electrons. The van der Waals surface area contributed by atoms with Crippen molar-refractivity contribution in [2.75, 3.05) is 82.2 Å². The molecule has 1 atom stereocenters. The van der Waals surface area contributed by atoms with Crippen molar-refractivity contribution < 1.29 is 37.3 Å². The van der Waals surface area contributed by atoms with Gasteiger partial charge in [0, 0.05) is 105 Å². The highest BCUT2D eigenvalue weighted by Gasteiger charge is 2.40. The van der Waals surface area contributed by atoms with E-state index in [1.54, 1.807) is 35.4 Å². The number of amides is 4. The van der Waals surface area contributed by atoms with Gasteiger partial charge in [0.2, 0.25) is 11.8 Å². The molecule has 20 nitrogen and oxygen atoms in total. The normalized spacial score (nSPS) is 20.2. The smallest absolute Gasteiger partial charge is 0.293 e. The quantitative estimate of drug-likeness (QED) is 0.0356. The van der Waals surface area contributed by atoms with Gasteiger partial charge in [0.25, 0.3) is 27.5 Å². The number of carbonyl (C=O) groups is 4. The van der Waals surface area contributed by atoms with Gasteiger partial charge in [0.15, 0.2) is 0 Å². The zero-order chi connectivity index (χ0) is 60.6. The number of H-pyrrole nitrogens is 1. The third kappa shape index (κ3) is 13.4. The van der Waals surface area contributed by atoms with E-state index < -0.39 is 43.4 Å². The maximum atomic E-state index is 14.2. The SMILES string of the molecule is CC1(C)CCC(CN2CCN(c3ccc(C(=O)NS(=O)(=O)c4ccc(NCC5CCN(C6CCN(CCc7cccc8c7CN(C7CCC(=O)NC7=O)C8=O)CC6)CC5)c([N+](=O)[O-])c4)c(Oc4cnc5[nH]ccc5c4)c3)CC2)=C(c2ccc(Cl)cc2)C1. The number of hydrogen-bond acceptors (Lipinski definition) is 15. The average Bonchev–Trinajstić information content (AvgIpc) is 2.06. The average molecular weight is 1220 g/mol. The minimum absolute atomic E-state index is 0.0489. The second-order valence-electron chi connectivity index (χ2n) is 25.0. The number of nitro benzene ring substituents is 1. The van der Waals surface area contributed by atoms with E-state index in [-0.39, 0.29) is 46.6 Å². The zero-order valence-corrected chi connectivity index (χ0v) is 50.8. The lowest BCUT2D eigenvalue weighted by Crippen LogP contribution is -2.52. The van der Waals surface area contributed by atoms with Crippen LogP contribution >= 0.6 is 11.6 Å². The number of rotatable bonds is 18. The number of aromatic amines is 1. The summed E-state index contributed by atoms with van der Waals surface area (Å²) in [6, 6.07) is 26.1. The molecule has 1 aliphatic carbocycles. The number of halogens is 1. The van der Waals surface area contributed by atoms with Crippen molar-refractivity contribution in [3.8, 4) is 11.5 Å². The maximum Gasteiger partial charge on any atom is 0.293 e. The molecule has 1 unspecified atom stereocenters. The Morgan fingerprint density at radius 2 is 1.66 bits per heavy atom. The fourth-order valence-electron chi connectivity index (χ4n) is 13.6. The Bertz CT molecular complexity index is 3770. The third-order valence-corrected chi connectivity index (χ3v) is 20.3. The number of benzene rings is 4. The fraction of sp³-hybridized carbons (Fsp3) is 0.431. The van der Waals surface area contributed by atoms with Gasteiger partial charge in [-0.05, 0) is 172 Å². The number of piperidine rings is 3.